The molecule has 3 rings (SSSR count). The number of hydrogen-bond donors (Lipinski definition) is 2. The van der Waals surface area contributed by atoms with Crippen molar-refractivity contribution in [3.8, 4) is 0 Å². The van der Waals surface area contributed by atoms with Gasteiger partial charge in [0.2, 0.25) is 0 Å². The van der Waals surface area contributed by atoms with Crippen LogP contribution in [0.2, 0.25) is 5.02 Å². The van der Waals surface area contributed by atoms with Crippen molar-refractivity contribution < 1.29 is 14.3 Å². The molecule has 2 aromatic carbocycles. The molecule has 0 saturated carbocycles. The molecule has 2 amide bonds. The Morgan fingerprint density at radius 3 is 2.38 bits per heavy atom. The Morgan fingerprint density at radius 2 is 1.75 bits per heavy atom. The molecule has 0 spiro atoms. The quantitative estimate of drug-likeness (QED) is 0.888. The fourth-order valence-electron chi connectivity index (χ4n) is 2.48. The zero-order chi connectivity index (χ0) is 16.9. The Morgan fingerprint density at radius 1 is 1.04 bits per heavy atom. The number of nitrogens with one attached hydrogen (secondary N) is 2. The molecule has 5 nitrogen and oxygen atoms in total. The van der Waals surface area contributed by atoms with Gasteiger partial charge in [-0.25, -0.2) is 0 Å². The Labute approximate surface area is 145 Å². The summed E-state index contributed by atoms with van der Waals surface area (Å²) in [7, 11) is 0. The first-order valence-corrected chi connectivity index (χ1v) is 8.09. The molecule has 2 N–H and O–H groups in total. The van der Waals surface area contributed by atoms with Crippen LogP contribution in [0.4, 0.5) is 11.4 Å². The Hall–Kier alpha value is -2.37. The lowest BCUT2D eigenvalue weighted by Gasteiger charge is -2.11. The second-order valence-electron chi connectivity index (χ2n) is 5.53. The van der Waals surface area contributed by atoms with Crippen molar-refractivity contribution in [2.75, 3.05) is 17.2 Å². The van der Waals surface area contributed by atoms with E-state index in [2.05, 4.69) is 10.6 Å². The minimum Gasteiger partial charge on any atom is -0.368 e. The van der Waals surface area contributed by atoms with E-state index in [0.29, 0.717) is 28.6 Å². The summed E-state index contributed by atoms with van der Waals surface area (Å²) >= 11 is 5.88. The molecular formula is C18H17ClN2O3. The van der Waals surface area contributed by atoms with Crippen molar-refractivity contribution in [3.63, 3.8) is 0 Å². The molecule has 0 unspecified atom stereocenters. The normalized spacial score (nSPS) is 16.6. The van der Waals surface area contributed by atoms with Gasteiger partial charge in [0.1, 0.15) is 6.10 Å². The van der Waals surface area contributed by atoms with Gasteiger partial charge < -0.3 is 15.4 Å². The summed E-state index contributed by atoms with van der Waals surface area (Å²) in [4.78, 5) is 24.1. The highest BCUT2D eigenvalue weighted by Gasteiger charge is 2.23. The van der Waals surface area contributed by atoms with Gasteiger partial charge in [-0.3, -0.25) is 9.59 Å². The van der Waals surface area contributed by atoms with Gasteiger partial charge in [0.15, 0.2) is 0 Å². The molecule has 6 heteroatoms. The van der Waals surface area contributed by atoms with Gasteiger partial charge in [-0.05, 0) is 55.3 Å². The predicted molar refractivity (Wildman–Crippen MR) is 93.5 cm³/mol. The second-order valence-corrected chi connectivity index (χ2v) is 5.97. The van der Waals surface area contributed by atoms with Crippen molar-refractivity contribution >= 4 is 34.8 Å². The first-order valence-electron chi connectivity index (χ1n) is 7.71. The van der Waals surface area contributed by atoms with Crippen LogP contribution in [-0.2, 0) is 9.53 Å². The van der Waals surface area contributed by atoms with Crippen LogP contribution in [-0.4, -0.2) is 24.5 Å². The van der Waals surface area contributed by atoms with Crippen LogP contribution >= 0.6 is 11.6 Å². The van der Waals surface area contributed by atoms with E-state index < -0.39 is 0 Å². The standard InChI is InChI=1S/C18H17ClN2O3/c19-13-4-1-3-12(11-13)17(22)20-14-6-8-15(9-7-14)21-18(23)16-5-2-10-24-16/h1,3-4,6-9,11,16H,2,5,10H2,(H,20,22)(H,21,23)/t16-/m0/s1. The van der Waals surface area contributed by atoms with Crippen molar-refractivity contribution in [3.05, 3.63) is 59.1 Å². The van der Waals surface area contributed by atoms with E-state index in [0.717, 1.165) is 12.8 Å². The number of carbonyl (C=O) groups excluding carboxylic acids is 2. The van der Waals surface area contributed by atoms with Gasteiger partial charge in [0.05, 0.1) is 0 Å². The Balaban J connectivity index is 1.60. The van der Waals surface area contributed by atoms with Crippen LogP contribution in [0.3, 0.4) is 0 Å². The number of hydrogen-bond acceptors (Lipinski definition) is 3. The predicted octanol–water partition coefficient (Wildman–Crippen LogP) is 3.71. The summed E-state index contributed by atoms with van der Waals surface area (Å²) in [5, 5.41) is 6.10. The van der Waals surface area contributed by atoms with Crippen molar-refractivity contribution in [1.82, 2.24) is 0 Å². The van der Waals surface area contributed by atoms with Gasteiger partial charge in [0, 0.05) is 28.6 Å². The average molecular weight is 345 g/mol. The molecule has 1 fully saturated rings. The van der Waals surface area contributed by atoms with Crippen LogP contribution < -0.4 is 10.6 Å². The van der Waals surface area contributed by atoms with Crippen molar-refractivity contribution in [2.24, 2.45) is 0 Å². The highest BCUT2D eigenvalue weighted by atomic mass is 35.5. The van der Waals surface area contributed by atoms with E-state index in [-0.39, 0.29) is 17.9 Å². The number of amides is 2. The van der Waals surface area contributed by atoms with Crippen LogP contribution in [0.5, 0.6) is 0 Å². The molecule has 1 heterocycles. The number of halogens is 1. The number of ether oxygens (including phenoxy) is 1. The zero-order valence-electron chi connectivity index (χ0n) is 12.9. The van der Waals surface area contributed by atoms with Crippen LogP contribution in [0.1, 0.15) is 23.2 Å². The highest BCUT2D eigenvalue weighted by Crippen LogP contribution is 2.18. The van der Waals surface area contributed by atoms with Gasteiger partial charge in [-0.15, -0.1) is 0 Å². The molecule has 24 heavy (non-hydrogen) atoms. The Kier molecular flexibility index (Phi) is 5.13. The maximum atomic E-state index is 12.1. The maximum absolute atomic E-state index is 12.1. The topological polar surface area (TPSA) is 67.4 Å². The molecular weight excluding hydrogens is 328 g/mol. The summed E-state index contributed by atoms with van der Waals surface area (Å²) in [6.45, 7) is 0.632. The van der Waals surface area contributed by atoms with E-state index in [1.165, 1.54) is 0 Å². The second kappa shape index (κ2) is 7.47. The lowest BCUT2D eigenvalue weighted by molar-refractivity contribution is -0.124. The first-order chi connectivity index (χ1) is 11.6. The van der Waals surface area contributed by atoms with E-state index in [1.54, 1.807) is 48.5 Å². The fraction of sp³-hybridized carbons (Fsp3) is 0.222. The Bertz CT molecular complexity index is 740. The molecule has 2 aromatic rings. The summed E-state index contributed by atoms with van der Waals surface area (Å²) in [6.07, 6.45) is 1.29. The van der Waals surface area contributed by atoms with Crippen molar-refractivity contribution in [1.29, 1.82) is 0 Å². The van der Waals surface area contributed by atoms with Crippen molar-refractivity contribution in [2.45, 2.75) is 18.9 Å². The highest BCUT2D eigenvalue weighted by molar-refractivity contribution is 6.31. The third-order valence-electron chi connectivity index (χ3n) is 3.72. The largest absolute Gasteiger partial charge is 0.368 e. The number of anilines is 2. The van der Waals surface area contributed by atoms with E-state index in [1.807, 2.05) is 0 Å². The summed E-state index contributed by atoms with van der Waals surface area (Å²) in [5.74, 6) is -0.378. The lowest BCUT2D eigenvalue weighted by atomic mass is 10.2. The smallest absolute Gasteiger partial charge is 0.255 e. The zero-order valence-corrected chi connectivity index (χ0v) is 13.7. The number of carbonyl (C=O) groups is 2. The molecule has 1 saturated heterocycles. The molecule has 0 bridgehead atoms. The van der Waals surface area contributed by atoms with Gasteiger partial charge in [-0.1, -0.05) is 17.7 Å². The maximum Gasteiger partial charge on any atom is 0.255 e. The van der Waals surface area contributed by atoms with Crippen LogP contribution in [0, 0.1) is 0 Å². The molecule has 1 aliphatic heterocycles. The summed E-state index contributed by atoms with van der Waals surface area (Å²) < 4.78 is 5.34. The fourth-order valence-corrected chi connectivity index (χ4v) is 2.67. The lowest BCUT2D eigenvalue weighted by Crippen LogP contribution is -2.26. The molecule has 0 aliphatic carbocycles. The molecule has 1 aliphatic rings. The minimum atomic E-state index is -0.368. The van der Waals surface area contributed by atoms with Gasteiger partial charge >= 0.3 is 0 Å². The molecule has 1 atom stereocenters. The average Bonchev–Trinajstić information content (AvgIpc) is 3.11. The van der Waals surface area contributed by atoms with E-state index >= 15 is 0 Å². The number of rotatable bonds is 4. The monoisotopic (exact) mass is 344 g/mol. The minimum absolute atomic E-state index is 0.136. The molecule has 124 valence electrons. The molecule has 0 aromatic heterocycles. The third-order valence-corrected chi connectivity index (χ3v) is 3.95. The summed E-state index contributed by atoms with van der Waals surface area (Å²) in [5.41, 5.74) is 1.78. The van der Waals surface area contributed by atoms with E-state index in [9.17, 15) is 9.59 Å². The van der Waals surface area contributed by atoms with E-state index in [4.69, 9.17) is 16.3 Å². The van der Waals surface area contributed by atoms with Gasteiger partial charge in [0.25, 0.3) is 11.8 Å². The van der Waals surface area contributed by atoms with Crippen LogP contribution in [0.25, 0.3) is 0 Å². The summed E-state index contributed by atoms with van der Waals surface area (Å²) in [6, 6.07) is 13.7. The van der Waals surface area contributed by atoms with Crippen LogP contribution in [0.15, 0.2) is 48.5 Å². The SMILES string of the molecule is O=C(Nc1ccc(NC(=O)[C@@H]2CCCO2)cc1)c1cccc(Cl)c1. The third kappa shape index (κ3) is 4.13. The van der Waals surface area contributed by atoms with Gasteiger partial charge in [-0.2, -0.15) is 0 Å². The first kappa shape index (κ1) is 16.5. The molecule has 0 radical (unpaired) electrons. The number of benzene rings is 2.